The van der Waals surface area contributed by atoms with E-state index in [0.717, 1.165) is 37.1 Å². The first kappa shape index (κ1) is 23.4. The fourth-order valence-corrected chi connectivity index (χ4v) is 4.48. The van der Waals surface area contributed by atoms with Gasteiger partial charge < -0.3 is 10.1 Å². The van der Waals surface area contributed by atoms with Crippen LogP contribution in [0.2, 0.25) is 0 Å². The molecule has 1 aliphatic heterocycles. The molecule has 0 spiro atoms. The predicted molar refractivity (Wildman–Crippen MR) is 101 cm³/mol. The average Bonchev–Trinajstić information content (AvgIpc) is 2.65. The highest BCUT2D eigenvalue weighted by Gasteiger charge is 2.32. The molecule has 0 bridgehead atoms. The topological polar surface area (TPSA) is 79.0 Å². The van der Waals surface area contributed by atoms with Crippen molar-refractivity contribution in [2.75, 3.05) is 32.7 Å². The number of alkyl halides is 3. The van der Waals surface area contributed by atoms with E-state index < -0.39 is 22.1 Å². The van der Waals surface area contributed by atoms with Crippen LogP contribution in [0.15, 0.2) is 29.2 Å². The van der Waals surface area contributed by atoms with Crippen molar-refractivity contribution in [2.45, 2.75) is 44.0 Å². The van der Waals surface area contributed by atoms with Crippen molar-refractivity contribution in [3.63, 3.8) is 0 Å². The van der Waals surface area contributed by atoms with Crippen molar-refractivity contribution < 1.29 is 31.1 Å². The number of sulfonamides is 1. The van der Waals surface area contributed by atoms with Crippen LogP contribution in [0.3, 0.4) is 0 Å². The highest BCUT2D eigenvalue weighted by atomic mass is 32.2. The largest absolute Gasteiger partial charge is 0.573 e. The smallest absolute Gasteiger partial charge is 0.406 e. The highest BCUT2D eigenvalue weighted by Crippen LogP contribution is 2.25. The van der Waals surface area contributed by atoms with E-state index in [0.29, 0.717) is 13.1 Å². The molecule has 1 heterocycles. The van der Waals surface area contributed by atoms with E-state index in [4.69, 9.17) is 0 Å². The average molecular weight is 437 g/mol. The molecule has 1 aromatic rings. The van der Waals surface area contributed by atoms with Gasteiger partial charge in [-0.1, -0.05) is 13.8 Å². The first-order valence-corrected chi connectivity index (χ1v) is 10.9. The van der Waals surface area contributed by atoms with Gasteiger partial charge in [-0.15, -0.1) is 13.2 Å². The van der Waals surface area contributed by atoms with Gasteiger partial charge in [-0.2, -0.15) is 4.31 Å². The van der Waals surface area contributed by atoms with E-state index in [2.05, 4.69) is 10.1 Å². The van der Waals surface area contributed by atoms with Crippen LogP contribution < -0.4 is 10.1 Å². The lowest BCUT2D eigenvalue weighted by Gasteiger charge is -2.33. The Labute approximate surface area is 168 Å². The molecule has 0 atom stereocenters. The molecule has 1 aromatic carbocycles. The maximum Gasteiger partial charge on any atom is 0.573 e. The lowest BCUT2D eigenvalue weighted by Crippen LogP contribution is -2.51. The predicted octanol–water partition coefficient (Wildman–Crippen LogP) is 2.20. The van der Waals surface area contributed by atoms with E-state index in [1.807, 2.05) is 18.7 Å². The molecule has 0 saturated carbocycles. The Hall–Kier alpha value is -1.85. The number of rotatable bonds is 8. The minimum absolute atomic E-state index is 0.0877. The molecule has 7 nitrogen and oxygen atoms in total. The van der Waals surface area contributed by atoms with E-state index in [1.165, 1.54) is 4.31 Å². The summed E-state index contributed by atoms with van der Waals surface area (Å²) in [7, 11) is -3.83. The van der Waals surface area contributed by atoms with Gasteiger partial charge in [-0.25, -0.2) is 8.42 Å². The number of carbonyl (C=O) groups excluding carboxylic acids is 1. The molecule has 0 unspecified atom stereocenters. The van der Waals surface area contributed by atoms with Gasteiger partial charge in [0, 0.05) is 32.2 Å². The van der Waals surface area contributed by atoms with Crippen LogP contribution in [0.4, 0.5) is 13.2 Å². The fraction of sp³-hybridized carbons (Fsp3) is 0.611. The number of benzene rings is 1. The van der Waals surface area contributed by atoms with E-state index in [1.54, 1.807) is 0 Å². The van der Waals surface area contributed by atoms with Gasteiger partial charge in [0.15, 0.2) is 0 Å². The van der Waals surface area contributed by atoms with Crippen LogP contribution in [0.1, 0.15) is 26.7 Å². The number of amides is 1. The molecule has 1 amide bonds. The van der Waals surface area contributed by atoms with Crippen molar-refractivity contribution in [1.82, 2.24) is 14.5 Å². The van der Waals surface area contributed by atoms with Gasteiger partial charge in [0.1, 0.15) is 5.75 Å². The molecule has 164 valence electrons. The van der Waals surface area contributed by atoms with Gasteiger partial charge in [0.2, 0.25) is 15.9 Å². The zero-order valence-corrected chi connectivity index (χ0v) is 17.2. The quantitative estimate of drug-likeness (QED) is 0.675. The summed E-state index contributed by atoms with van der Waals surface area (Å²) in [6, 6.07) is 4.25. The molecular formula is C18H26F3N3O4S. The number of hydrogen-bond donors (Lipinski definition) is 1. The van der Waals surface area contributed by atoms with Gasteiger partial charge in [-0.3, -0.25) is 9.69 Å². The number of nitrogens with one attached hydrogen (secondary N) is 1. The lowest BCUT2D eigenvalue weighted by molar-refractivity contribution is -0.274. The molecule has 1 N–H and O–H groups in total. The summed E-state index contributed by atoms with van der Waals surface area (Å²) < 4.78 is 67.1. The maximum atomic E-state index is 12.7. The molecule has 1 fully saturated rings. The number of nitrogens with zero attached hydrogens (tertiary/aromatic N) is 2. The standard InChI is InChI=1S/C18H26F3N3O4S/c1-3-14(4-2)22-17(25)13-23-9-11-24(12-10-23)29(26,27)16-7-5-15(6-8-16)28-18(19,20)21/h5-8,14H,3-4,9-13H2,1-2H3,(H,22,25). The van der Waals surface area contributed by atoms with Gasteiger partial charge >= 0.3 is 6.36 Å². The second-order valence-corrected chi connectivity index (χ2v) is 8.72. The second-order valence-electron chi connectivity index (χ2n) is 6.78. The van der Waals surface area contributed by atoms with Crippen LogP contribution in [-0.4, -0.2) is 68.7 Å². The third kappa shape index (κ3) is 6.86. The Morgan fingerprint density at radius 2 is 1.66 bits per heavy atom. The van der Waals surface area contributed by atoms with Gasteiger partial charge in [0.25, 0.3) is 0 Å². The number of ether oxygens (including phenoxy) is 1. The molecular weight excluding hydrogens is 411 g/mol. The van der Waals surface area contributed by atoms with Crippen LogP contribution in [0.25, 0.3) is 0 Å². The van der Waals surface area contributed by atoms with E-state index >= 15 is 0 Å². The summed E-state index contributed by atoms with van der Waals surface area (Å²) in [5.41, 5.74) is 0. The van der Waals surface area contributed by atoms with E-state index in [-0.39, 0.29) is 36.5 Å². The SMILES string of the molecule is CCC(CC)NC(=O)CN1CCN(S(=O)(=O)c2ccc(OC(F)(F)F)cc2)CC1. The molecule has 29 heavy (non-hydrogen) atoms. The van der Waals surface area contributed by atoms with Crippen LogP contribution >= 0.6 is 0 Å². The summed E-state index contributed by atoms with van der Waals surface area (Å²) in [6.07, 6.45) is -3.14. The summed E-state index contributed by atoms with van der Waals surface area (Å²) in [5.74, 6) is -0.569. The number of piperazine rings is 1. The molecule has 0 aromatic heterocycles. The minimum atomic E-state index is -4.84. The van der Waals surface area contributed by atoms with Crippen molar-refractivity contribution in [1.29, 1.82) is 0 Å². The number of halogens is 3. The summed E-state index contributed by atoms with van der Waals surface area (Å²) >= 11 is 0. The third-order valence-electron chi connectivity index (χ3n) is 4.74. The van der Waals surface area contributed by atoms with Crippen molar-refractivity contribution >= 4 is 15.9 Å². The normalized spacial score (nSPS) is 16.8. The number of hydrogen-bond acceptors (Lipinski definition) is 5. The molecule has 11 heteroatoms. The van der Waals surface area contributed by atoms with Crippen molar-refractivity contribution in [3.8, 4) is 5.75 Å². The van der Waals surface area contributed by atoms with Crippen LogP contribution in [-0.2, 0) is 14.8 Å². The van der Waals surface area contributed by atoms with Crippen LogP contribution in [0.5, 0.6) is 5.75 Å². The number of carbonyl (C=O) groups is 1. The fourth-order valence-electron chi connectivity index (χ4n) is 3.06. The minimum Gasteiger partial charge on any atom is -0.406 e. The summed E-state index contributed by atoms with van der Waals surface area (Å²) in [5, 5.41) is 2.95. The maximum absolute atomic E-state index is 12.7. The Morgan fingerprint density at radius 1 is 1.10 bits per heavy atom. The highest BCUT2D eigenvalue weighted by molar-refractivity contribution is 7.89. The Kier molecular flexibility index (Phi) is 7.89. The zero-order chi connectivity index (χ0) is 21.7. The molecule has 0 aliphatic carbocycles. The first-order valence-electron chi connectivity index (χ1n) is 9.42. The molecule has 1 saturated heterocycles. The Balaban J connectivity index is 1.91. The Bertz CT molecular complexity index is 773. The monoisotopic (exact) mass is 437 g/mol. The van der Waals surface area contributed by atoms with Crippen molar-refractivity contribution in [3.05, 3.63) is 24.3 Å². The zero-order valence-electron chi connectivity index (χ0n) is 16.4. The van der Waals surface area contributed by atoms with Gasteiger partial charge in [0.05, 0.1) is 11.4 Å². The summed E-state index contributed by atoms with van der Waals surface area (Å²) in [4.78, 5) is 13.9. The van der Waals surface area contributed by atoms with Crippen LogP contribution in [0, 0.1) is 0 Å². The molecule has 1 aliphatic rings. The van der Waals surface area contributed by atoms with Gasteiger partial charge in [-0.05, 0) is 37.1 Å². The van der Waals surface area contributed by atoms with E-state index in [9.17, 15) is 26.4 Å². The third-order valence-corrected chi connectivity index (χ3v) is 6.66. The lowest BCUT2D eigenvalue weighted by atomic mass is 10.2. The van der Waals surface area contributed by atoms with Crippen molar-refractivity contribution in [2.24, 2.45) is 0 Å². The molecule has 0 radical (unpaired) electrons. The Morgan fingerprint density at radius 3 is 2.14 bits per heavy atom. The molecule has 2 rings (SSSR count). The first-order chi connectivity index (χ1) is 13.5. The second kappa shape index (κ2) is 9.77. The summed E-state index contributed by atoms with van der Waals surface area (Å²) in [6.45, 7) is 5.38.